The second-order valence-corrected chi connectivity index (χ2v) is 12.7. The summed E-state index contributed by atoms with van der Waals surface area (Å²) in [5.74, 6) is -1.84. The minimum atomic E-state index is -1.50. The molecule has 1 saturated carbocycles. The molecule has 2 fully saturated rings. The van der Waals surface area contributed by atoms with Gasteiger partial charge in [0, 0.05) is 30.5 Å². The fraction of sp³-hybridized carbons (Fsp3) is 0.500. The highest BCUT2D eigenvalue weighted by Gasteiger charge is 2.61. The third-order valence-corrected chi connectivity index (χ3v) is 8.10. The molecule has 254 valence electrons. The van der Waals surface area contributed by atoms with Crippen molar-refractivity contribution >= 4 is 34.6 Å². The molecule has 1 saturated heterocycles. The lowest BCUT2D eigenvalue weighted by Gasteiger charge is -2.30. The van der Waals surface area contributed by atoms with E-state index in [2.05, 4.69) is 28.8 Å². The molecular weight excluding hydrogens is 608 g/mol. The number of aliphatic carboxylic acids is 1. The first kappa shape index (κ1) is 35.2. The van der Waals surface area contributed by atoms with Crippen molar-refractivity contribution in [1.82, 2.24) is 20.5 Å². The smallest absolute Gasteiger partial charge is 0.408 e. The normalized spacial score (nSPS) is 22.6. The summed E-state index contributed by atoms with van der Waals surface area (Å²) in [5.41, 5.74) is -2.31. The summed E-state index contributed by atoms with van der Waals surface area (Å²) in [4.78, 5) is 58.7. The van der Waals surface area contributed by atoms with Gasteiger partial charge in [0.15, 0.2) is 0 Å². The van der Waals surface area contributed by atoms with Gasteiger partial charge in [0.2, 0.25) is 17.7 Å². The monoisotopic (exact) mass is 652 g/mol. The molecule has 1 aromatic heterocycles. The molecule has 1 aliphatic carbocycles. The van der Waals surface area contributed by atoms with E-state index in [9.17, 15) is 24.3 Å². The molecule has 4 rings (SSSR count). The van der Waals surface area contributed by atoms with E-state index >= 15 is 0 Å². The van der Waals surface area contributed by atoms with Gasteiger partial charge in [-0.05, 0) is 69.7 Å². The second-order valence-electron chi connectivity index (χ2n) is 12.7. The third kappa shape index (κ3) is 8.59. The molecule has 0 radical (unpaired) electrons. The van der Waals surface area contributed by atoms with Crippen LogP contribution in [0.4, 0.5) is 4.79 Å². The molecule has 0 spiro atoms. The average Bonchev–Trinajstić information content (AvgIpc) is 3.58. The highest BCUT2D eigenvalue weighted by molar-refractivity contribution is 5.96. The minimum Gasteiger partial charge on any atom is -0.497 e. The van der Waals surface area contributed by atoms with Crippen LogP contribution in [0, 0.1) is 5.92 Å². The van der Waals surface area contributed by atoms with Gasteiger partial charge >= 0.3 is 12.1 Å². The van der Waals surface area contributed by atoms with E-state index < -0.39 is 59.1 Å². The first-order chi connectivity index (χ1) is 22.3. The molecular formula is C34H44N4O9. The van der Waals surface area contributed by atoms with E-state index in [1.165, 1.54) is 11.0 Å². The molecule has 0 bridgehead atoms. The van der Waals surface area contributed by atoms with Gasteiger partial charge in [-0.1, -0.05) is 12.2 Å². The summed E-state index contributed by atoms with van der Waals surface area (Å²) in [7, 11) is 1.57. The number of hydrogen-bond donors (Lipinski definition) is 3. The van der Waals surface area contributed by atoms with Crippen LogP contribution in [0.25, 0.3) is 10.8 Å². The van der Waals surface area contributed by atoms with Crippen LogP contribution in [0.5, 0.6) is 11.6 Å². The lowest BCUT2D eigenvalue weighted by atomic mass is 10.1. The number of rotatable bonds is 15. The van der Waals surface area contributed by atoms with Gasteiger partial charge < -0.3 is 39.6 Å². The van der Waals surface area contributed by atoms with Crippen molar-refractivity contribution in [1.29, 1.82) is 0 Å². The largest absolute Gasteiger partial charge is 0.497 e. The number of likely N-dealkylation sites (tertiary alicyclic amines) is 1. The van der Waals surface area contributed by atoms with Crippen molar-refractivity contribution in [2.75, 3.05) is 26.9 Å². The number of fused-ring (bicyclic) bond motifs is 1. The summed E-state index contributed by atoms with van der Waals surface area (Å²) in [5, 5.41) is 16.8. The number of carboxylic acid groups (broad SMARTS) is 1. The summed E-state index contributed by atoms with van der Waals surface area (Å²) in [6.45, 7) is 13.1. The van der Waals surface area contributed by atoms with Crippen molar-refractivity contribution < 1.29 is 43.2 Å². The van der Waals surface area contributed by atoms with Crippen molar-refractivity contribution in [3.05, 3.63) is 55.8 Å². The molecule has 3 amide bonds. The number of carboxylic acids is 1. The van der Waals surface area contributed by atoms with Crippen LogP contribution >= 0.6 is 0 Å². The van der Waals surface area contributed by atoms with Crippen LogP contribution in [-0.4, -0.2) is 95.1 Å². The zero-order chi connectivity index (χ0) is 34.4. The van der Waals surface area contributed by atoms with Gasteiger partial charge in [0.1, 0.15) is 35.1 Å². The number of ether oxygens (including phenoxy) is 4. The number of carbonyl (C=O) groups excluding carboxylic acids is 3. The Bertz CT molecular complexity index is 1510. The molecule has 5 unspecified atom stereocenters. The summed E-state index contributed by atoms with van der Waals surface area (Å²) < 4.78 is 22.5. The highest BCUT2D eigenvalue weighted by Crippen LogP contribution is 2.45. The lowest BCUT2D eigenvalue weighted by molar-refractivity contribution is -0.145. The minimum absolute atomic E-state index is 0.0183. The van der Waals surface area contributed by atoms with E-state index in [1.807, 2.05) is 18.2 Å². The Kier molecular flexibility index (Phi) is 11.1. The Morgan fingerprint density at radius 1 is 1.21 bits per heavy atom. The zero-order valence-electron chi connectivity index (χ0n) is 27.3. The first-order valence-electron chi connectivity index (χ1n) is 15.6. The number of pyridine rings is 1. The van der Waals surface area contributed by atoms with Crippen LogP contribution < -0.4 is 20.1 Å². The van der Waals surface area contributed by atoms with Crippen LogP contribution in [-0.2, 0) is 23.9 Å². The Hall–Kier alpha value is -4.65. The number of carbonyl (C=O) groups is 4. The maximum atomic E-state index is 14.2. The molecule has 47 heavy (non-hydrogen) atoms. The van der Waals surface area contributed by atoms with Gasteiger partial charge in [0.05, 0.1) is 20.3 Å². The first-order valence-corrected chi connectivity index (χ1v) is 15.6. The van der Waals surface area contributed by atoms with Gasteiger partial charge in [-0.3, -0.25) is 9.59 Å². The van der Waals surface area contributed by atoms with Crippen molar-refractivity contribution in [3.63, 3.8) is 0 Å². The number of hydrogen-bond acceptors (Lipinski definition) is 9. The molecule has 13 heteroatoms. The molecule has 3 N–H and O–H groups in total. The van der Waals surface area contributed by atoms with E-state index in [0.717, 1.165) is 5.39 Å². The number of methoxy groups -OCH3 is 1. The second kappa shape index (κ2) is 14.8. The highest BCUT2D eigenvalue weighted by atomic mass is 16.6. The van der Waals surface area contributed by atoms with E-state index in [4.69, 9.17) is 18.9 Å². The predicted molar refractivity (Wildman–Crippen MR) is 173 cm³/mol. The SMILES string of the molecule is C=CCOCCCC(NC(=O)OC(C)(C)C)C(=O)N1CC(Oc2nccc3cc(OC)ccc23)CC1C(=O)NC1(C(=O)O)CC1C=C. The third-order valence-electron chi connectivity index (χ3n) is 8.10. The lowest BCUT2D eigenvalue weighted by Crippen LogP contribution is -2.56. The Balaban J connectivity index is 1.61. The predicted octanol–water partition coefficient (Wildman–Crippen LogP) is 3.61. The van der Waals surface area contributed by atoms with Crippen LogP contribution in [0.1, 0.15) is 46.5 Å². The fourth-order valence-electron chi connectivity index (χ4n) is 5.66. The van der Waals surface area contributed by atoms with E-state index in [1.54, 1.807) is 46.2 Å². The summed E-state index contributed by atoms with van der Waals surface area (Å²) in [6.07, 6.45) is 4.08. The Morgan fingerprint density at radius 3 is 2.62 bits per heavy atom. The molecule has 1 aromatic carbocycles. The van der Waals surface area contributed by atoms with Gasteiger partial charge in [-0.25, -0.2) is 14.6 Å². The van der Waals surface area contributed by atoms with Gasteiger partial charge in [-0.2, -0.15) is 0 Å². The summed E-state index contributed by atoms with van der Waals surface area (Å²) >= 11 is 0. The number of amides is 3. The van der Waals surface area contributed by atoms with Crippen LogP contribution in [0.2, 0.25) is 0 Å². The molecule has 2 heterocycles. The van der Waals surface area contributed by atoms with Gasteiger partial charge in [0.25, 0.3) is 0 Å². The molecule has 5 atom stereocenters. The number of nitrogens with zero attached hydrogens (tertiary/aromatic N) is 2. The maximum absolute atomic E-state index is 14.2. The number of alkyl carbamates (subject to hydrolysis) is 1. The zero-order valence-corrected chi connectivity index (χ0v) is 27.3. The summed E-state index contributed by atoms with van der Waals surface area (Å²) in [6, 6.07) is 5.09. The molecule has 1 aliphatic heterocycles. The molecule has 13 nitrogen and oxygen atoms in total. The van der Waals surface area contributed by atoms with Crippen molar-refractivity contribution in [2.45, 2.75) is 75.8 Å². The van der Waals surface area contributed by atoms with E-state index in [0.29, 0.717) is 36.7 Å². The molecule has 2 aromatic rings. The Morgan fingerprint density at radius 2 is 1.98 bits per heavy atom. The average molecular weight is 653 g/mol. The topological polar surface area (TPSA) is 166 Å². The van der Waals surface area contributed by atoms with Crippen LogP contribution in [0.15, 0.2) is 55.8 Å². The van der Waals surface area contributed by atoms with Crippen molar-refractivity contribution in [2.24, 2.45) is 5.92 Å². The molecule has 2 aliphatic rings. The Labute approximate surface area is 274 Å². The number of nitrogens with one attached hydrogen (secondary N) is 2. The number of aromatic nitrogens is 1. The fourth-order valence-corrected chi connectivity index (χ4v) is 5.66. The van der Waals surface area contributed by atoms with Crippen LogP contribution in [0.3, 0.4) is 0 Å². The van der Waals surface area contributed by atoms with E-state index in [-0.39, 0.29) is 25.8 Å². The van der Waals surface area contributed by atoms with Gasteiger partial charge in [-0.15, -0.1) is 13.2 Å². The van der Waals surface area contributed by atoms with Crippen molar-refractivity contribution in [3.8, 4) is 11.6 Å². The standard InChI is InChI=1S/C34H44N4O9/c1-7-15-45-16-9-10-26(36-32(43)47-33(3,4)5)30(40)38-20-24(18-27(38)28(39)37-34(31(41)42)19-22(34)8-2)46-29-25-12-11-23(44-6)17-21(25)13-14-35-29/h7-8,11-14,17,22,24,26-27H,1-2,9-10,15-16,18-20H2,3-6H3,(H,36,43)(H,37,39)(H,41,42). The number of benzene rings is 1. The quantitative estimate of drug-likeness (QED) is 0.191. The maximum Gasteiger partial charge on any atom is 0.408 e.